The molecule has 9 nitrogen and oxygen atoms in total. The molecule has 3 N–H and O–H groups in total. The molecule has 1 aliphatic rings. The Kier molecular flexibility index (Phi) is 4.71. The highest BCUT2D eigenvalue weighted by atomic mass is 32.1. The van der Waals surface area contributed by atoms with Gasteiger partial charge in [0.25, 0.3) is 5.91 Å². The summed E-state index contributed by atoms with van der Waals surface area (Å²) in [4.78, 5) is 29.9. The Balaban J connectivity index is 1.81. The van der Waals surface area contributed by atoms with E-state index in [0.717, 1.165) is 41.1 Å². The van der Waals surface area contributed by atoms with Crippen molar-refractivity contribution in [1.29, 1.82) is 0 Å². The number of H-pyrrole nitrogens is 1. The molecule has 146 valence electrons. The van der Waals surface area contributed by atoms with E-state index < -0.39 is 0 Å². The number of carbonyl (C=O) groups is 2. The van der Waals surface area contributed by atoms with Crippen LogP contribution in [0.2, 0.25) is 0 Å². The van der Waals surface area contributed by atoms with Gasteiger partial charge in [-0.2, -0.15) is 10.2 Å². The maximum absolute atomic E-state index is 12.9. The Morgan fingerprint density at radius 3 is 2.79 bits per heavy atom. The third-order valence-electron chi connectivity index (χ3n) is 4.49. The Morgan fingerprint density at radius 1 is 1.29 bits per heavy atom. The predicted octanol–water partition coefficient (Wildman–Crippen LogP) is 3.01. The minimum absolute atomic E-state index is 0.0675. The van der Waals surface area contributed by atoms with Crippen molar-refractivity contribution in [3.05, 3.63) is 29.2 Å². The van der Waals surface area contributed by atoms with E-state index >= 15 is 0 Å². The standard InChI is InChI=1S/C18H21N7O2S/c1-9(2)25-15-11(14(24-25)17(27)22-13-7-8-19-23-13)5-4-6-12-16(15)28-18(21-12)20-10(3)26/h7-9H,4-6H2,1-3H3,(H,20,21,26)(H2,19,22,23,27). The molecule has 0 spiro atoms. The Hall–Kier alpha value is -3.01. The van der Waals surface area contributed by atoms with Gasteiger partial charge in [0.2, 0.25) is 5.91 Å². The van der Waals surface area contributed by atoms with Gasteiger partial charge in [0.1, 0.15) is 0 Å². The van der Waals surface area contributed by atoms with E-state index in [9.17, 15) is 9.59 Å². The fraction of sp³-hybridized carbons (Fsp3) is 0.389. The van der Waals surface area contributed by atoms with Gasteiger partial charge in [0.15, 0.2) is 16.6 Å². The van der Waals surface area contributed by atoms with Gasteiger partial charge in [0, 0.05) is 30.8 Å². The maximum atomic E-state index is 12.9. The summed E-state index contributed by atoms with van der Waals surface area (Å²) in [5, 5.41) is 17.4. The molecular weight excluding hydrogens is 378 g/mol. The number of aromatic nitrogens is 5. The van der Waals surface area contributed by atoms with Crippen LogP contribution in [0.3, 0.4) is 0 Å². The number of amides is 2. The number of anilines is 2. The minimum Gasteiger partial charge on any atom is -0.304 e. The highest BCUT2D eigenvalue weighted by Gasteiger charge is 2.30. The summed E-state index contributed by atoms with van der Waals surface area (Å²) < 4.78 is 1.88. The molecule has 0 aromatic carbocycles. The molecule has 1 aliphatic carbocycles. The number of thiazole rings is 1. The quantitative estimate of drug-likeness (QED) is 0.623. The molecular formula is C18H21N7O2S. The van der Waals surface area contributed by atoms with Gasteiger partial charge in [-0.3, -0.25) is 19.4 Å². The van der Waals surface area contributed by atoms with Gasteiger partial charge in [0.05, 0.1) is 16.3 Å². The van der Waals surface area contributed by atoms with Crippen LogP contribution >= 0.6 is 11.3 Å². The number of aryl methyl sites for hydroxylation is 1. The summed E-state index contributed by atoms with van der Waals surface area (Å²) in [6, 6.07) is 1.76. The third kappa shape index (κ3) is 3.31. The molecule has 3 aromatic rings. The van der Waals surface area contributed by atoms with E-state index in [1.165, 1.54) is 18.3 Å². The lowest BCUT2D eigenvalue weighted by atomic mass is 10.1. The Bertz CT molecular complexity index is 1030. The van der Waals surface area contributed by atoms with Crippen LogP contribution in [-0.4, -0.2) is 36.8 Å². The van der Waals surface area contributed by atoms with Crippen molar-refractivity contribution in [3.8, 4) is 10.6 Å². The van der Waals surface area contributed by atoms with Crippen LogP contribution in [-0.2, 0) is 17.6 Å². The molecule has 10 heteroatoms. The van der Waals surface area contributed by atoms with Gasteiger partial charge in [-0.05, 0) is 33.1 Å². The first-order valence-electron chi connectivity index (χ1n) is 9.14. The molecule has 0 saturated carbocycles. The number of fused-ring (bicyclic) bond motifs is 3. The first kappa shape index (κ1) is 18.4. The second kappa shape index (κ2) is 7.19. The summed E-state index contributed by atoms with van der Waals surface area (Å²) in [6.07, 6.45) is 4.04. The van der Waals surface area contributed by atoms with Gasteiger partial charge < -0.3 is 10.6 Å². The molecule has 0 bridgehead atoms. The van der Waals surface area contributed by atoms with Gasteiger partial charge >= 0.3 is 0 Å². The Labute approximate surface area is 165 Å². The maximum Gasteiger partial charge on any atom is 0.277 e. The van der Waals surface area contributed by atoms with Crippen molar-refractivity contribution in [1.82, 2.24) is 25.0 Å². The number of rotatable bonds is 4. The van der Waals surface area contributed by atoms with Gasteiger partial charge in [-0.1, -0.05) is 11.3 Å². The number of nitrogens with zero attached hydrogens (tertiary/aromatic N) is 4. The van der Waals surface area contributed by atoms with Crippen molar-refractivity contribution >= 4 is 34.1 Å². The molecule has 2 amide bonds. The zero-order valence-electron chi connectivity index (χ0n) is 15.9. The van der Waals surface area contributed by atoms with Gasteiger partial charge in [-0.15, -0.1) is 0 Å². The summed E-state index contributed by atoms with van der Waals surface area (Å²) in [6.45, 7) is 5.53. The average molecular weight is 399 g/mol. The van der Waals surface area contributed by atoms with Crippen LogP contribution < -0.4 is 10.6 Å². The molecule has 3 aromatic heterocycles. The third-order valence-corrected chi connectivity index (χ3v) is 5.51. The van der Waals surface area contributed by atoms with E-state index in [1.54, 1.807) is 12.3 Å². The fourth-order valence-electron chi connectivity index (χ4n) is 3.35. The predicted molar refractivity (Wildman–Crippen MR) is 107 cm³/mol. The van der Waals surface area contributed by atoms with Crippen molar-refractivity contribution in [2.75, 3.05) is 10.6 Å². The smallest absolute Gasteiger partial charge is 0.277 e. The van der Waals surface area contributed by atoms with Crippen LogP contribution in [0.15, 0.2) is 12.3 Å². The largest absolute Gasteiger partial charge is 0.304 e. The molecule has 28 heavy (non-hydrogen) atoms. The topological polar surface area (TPSA) is 118 Å². The van der Waals surface area contributed by atoms with Crippen LogP contribution in [0.4, 0.5) is 10.9 Å². The van der Waals surface area contributed by atoms with Crippen LogP contribution in [0, 0.1) is 0 Å². The molecule has 3 heterocycles. The number of hydrogen-bond acceptors (Lipinski definition) is 6. The lowest BCUT2D eigenvalue weighted by Crippen LogP contribution is -2.15. The highest BCUT2D eigenvalue weighted by Crippen LogP contribution is 2.41. The molecule has 0 atom stereocenters. The molecule has 0 saturated heterocycles. The molecule has 0 unspecified atom stereocenters. The number of aromatic amines is 1. The van der Waals surface area contributed by atoms with E-state index in [-0.39, 0.29) is 17.9 Å². The molecule has 0 radical (unpaired) electrons. The van der Waals surface area contributed by atoms with E-state index in [2.05, 4.69) is 30.9 Å². The fourth-order valence-corrected chi connectivity index (χ4v) is 4.47. The van der Waals surface area contributed by atoms with Crippen molar-refractivity contribution < 1.29 is 9.59 Å². The zero-order chi connectivity index (χ0) is 19.8. The summed E-state index contributed by atoms with van der Waals surface area (Å²) >= 11 is 1.43. The first-order chi connectivity index (χ1) is 13.4. The average Bonchev–Trinajstić information content (AvgIpc) is 3.32. The lowest BCUT2D eigenvalue weighted by Gasteiger charge is -2.10. The summed E-state index contributed by atoms with van der Waals surface area (Å²) in [5.41, 5.74) is 3.19. The van der Waals surface area contributed by atoms with Crippen molar-refractivity contribution in [2.24, 2.45) is 0 Å². The number of hydrogen-bond donors (Lipinski definition) is 3. The van der Waals surface area contributed by atoms with E-state index in [0.29, 0.717) is 16.6 Å². The monoisotopic (exact) mass is 399 g/mol. The minimum atomic E-state index is -0.280. The van der Waals surface area contributed by atoms with E-state index in [4.69, 9.17) is 0 Å². The summed E-state index contributed by atoms with van der Waals surface area (Å²) in [5.74, 6) is 0.0243. The normalized spacial score (nSPS) is 13.0. The summed E-state index contributed by atoms with van der Waals surface area (Å²) in [7, 11) is 0. The van der Waals surface area contributed by atoms with Crippen LogP contribution in [0.25, 0.3) is 10.6 Å². The Morgan fingerprint density at radius 2 is 2.11 bits per heavy atom. The molecule has 0 fully saturated rings. The second-order valence-corrected chi connectivity index (χ2v) is 7.96. The van der Waals surface area contributed by atoms with Crippen molar-refractivity contribution in [2.45, 2.75) is 46.1 Å². The lowest BCUT2D eigenvalue weighted by molar-refractivity contribution is -0.114. The van der Waals surface area contributed by atoms with Gasteiger partial charge in [-0.25, -0.2) is 4.98 Å². The number of carbonyl (C=O) groups excluding carboxylic acids is 2. The second-order valence-electron chi connectivity index (χ2n) is 6.96. The van der Waals surface area contributed by atoms with E-state index in [1.807, 2.05) is 18.5 Å². The SMILES string of the molecule is CC(=O)Nc1nc2c(s1)-c1c(c(C(=O)Nc3cc[nH]n3)nn1C(C)C)CCC2. The van der Waals surface area contributed by atoms with Crippen LogP contribution in [0.5, 0.6) is 0 Å². The zero-order valence-corrected chi connectivity index (χ0v) is 16.7. The highest BCUT2D eigenvalue weighted by molar-refractivity contribution is 7.19. The molecule has 4 rings (SSSR count). The number of nitrogens with one attached hydrogen (secondary N) is 3. The first-order valence-corrected chi connectivity index (χ1v) is 9.96. The molecule has 0 aliphatic heterocycles. The van der Waals surface area contributed by atoms with Crippen molar-refractivity contribution in [3.63, 3.8) is 0 Å². The van der Waals surface area contributed by atoms with Crippen LogP contribution in [0.1, 0.15) is 55.0 Å².